The lowest BCUT2D eigenvalue weighted by atomic mass is 10.1. The van der Waals surface area contributed by atoms with Crippen LogP contribution in [0, 0.1) is 0 Å². The molecular formula is C11H15NO6. The van der Waals surface area contributed by atoms with Crippen LogP contribution in [0.15, 0.2) is 16.5 Å². The van der Waals surface area contributed by atoms with Gasteiger partial charge in [0.2, 0.25) is 11.7 Å². The Balaban J connectivity index is 2.65. The van der Waals surface area contributed by atoms with Crippen LogP contribution >= 0.6 is 0 Å². The number of carbonyl (C=O) groups is 2. The zero-order valence-electron chi connectivity index (χ0n) is 10.0. The number of methoxy groups -OCH3 is 1. The van der Waals surface area contributed by atoms with E-state index in [1.165, 1.54) is 26.2 Å². The maximum Gasteiger partial charge on any atom is 0.373 e. The molecule has 0 fully saturated rings. The van der Waals surface area contributed by atoms with Crippen molar-refractivity contribution in [1.29, 1.82) is 0 Å². The van der Waals surface area contributed by atoms with Crippen LogP contribution in [-0.2, 0) is 9.53 Å². The summed E-state index contributed by atoms with van der Waals surface area (Å²) in [5.41, 5.74) is 0. The number of ether oxygens (including phenoxy) is 1. The van der Waals surface area contributed by atoms with Gasteiger partial charge in [-0.05, 0) is 12.1 Å². The number of nitrogens with one attached hydrogen (secondary N) is 1. The van der Waals surface area contributed by atoms with Crippen molar-refractivity contribution in [3.05, 3.63) is 23.7 Å². The molecule has 0 saturated carbocycles. The fourth-order valence-electron chi connectivity index (χ4n) is 1.27. The SMILES string of the molecule is COC(=O)c1ccc(C(O)C(O)CNC(C)=O)o1. The molecule has 7 nitrogen and oxygen atoms in total. The van der Waals surface area contributed by atoms with Crippen LogP contribution in [0.4, 0.5) is 0 Å². The Bertz CT molecular complexity index is 427. The van der Waals surface area contributed by atoms with Crippen molar-refractivity contribution >= 4 is 11.9 Å². The molecule has 1 aromatic rings. The van der Waals surface area contributed by atoms with E-state index < -0.39 is 18.2 Å². The lowest BCUT2D eigenvalue weighted by molar-refractivity contribution is -0.119. The van der Waals surface area contributed by atoms with Crippen LogP contribution in [0.2, 0.25) is 0 Å². The van der Waals surface area contributed by atoms with E-state index >= 15 is 0 Å². The Morgan fingerprint density at radius 1 is 1.44 bits per heavy atom. The number of furan rings is 1. The Hall–Kier alpha value is -1.86. The third-order valence-electron chi connectivity index (χ3n) is 2.23. The van der Waals surface area contributed by atoms with Crippen molar-refractivity contribution < 1.29 is 29.0 Å². The molecule has 1 aromatic heterocycles. The Kier molecular flexibility index (Phi) is 4.87. The predicted molar refractivity (Wildman–Crippen MR) is 59.7 cm³/mol. The molecule has 1 rings (SSSR count). The first-order valence-electron chi connectivity index (χ1n) is 5.24. The van der Waals surface area contributed by atoms with Gasteiger partial charge in [-0.2, -0.15) is 0 Å². The Morgan fingerprint density at radius 3 is 2.67 bits per heavy atom. The average molecular weight is 257 g/mol. The molecule has 0 aromatic carbocycles. The highest BCUT2D eigenvalue weighted by Crippen LogP contribution is 2.20. The molecule has 0 aliphatic heterocycles. The van der Waals surface area contributed by atoms with Crippen molar-refractivity contribution in [1.82, 2.24) is 5.32 Å². The Labute approximate surface area is 103 Å². The molecule has 0 aliphatic carbocycles. The standard InChI is InChI=1S/C11H15NO6/c1-6(13)12-5-7(14)10(15)8-3-4-9(18-8)11(16)17-2/h3-4,7,10,14-15H,5H2,1-2H3,(H,12,13). The lowest BCUT2D eigenvalue weighted by Gasteiger charge is -2.15. The first-order valence-corrected chi connectivity index (χ1v) is 5.24. The minimum absolute atomic E-state index is 0.0215. The number of aliphatic hydroxyl groups excluding tert-OH is 2. The number of hydrogen-bond donors (Lipinski definition) is 3. The van der Waals surface area contributed by atoms with Gasteiger partial charge in [0.1, 0.15) is 18.0 Å². The van der Waals surface area contributed by atoms with Crippen LogP contribution in [0.25, 0.3) is 0 Å². The van der Waals surface area contributed by atoms with Crippen LogP contribution < -0.4 is 5.32 Å². The van der Waals surface area contributed by atoms with E-state index in [1.807, 2.05) is 0 Å². The summed E-state index contributed by atoms with van der Waals surface area (Å²) in [6.45, 7) is 1.17. The molecule has 3 N–H and O–H groups in total. The van der Waals surface area contributed by atoms with Crippen molar-refractivity contribution in [2.75, 3.05) is 13.7 Å². The minimum atomic E-state index is -1.34. The topological polar surface area (TPSA) is 109 Å². The summed E-state index contributed by atoms with van der Waals surface area (Å²) in [6.07, 6.45) is -2.57. The van der Waals surface area contributed by atoms with Gasteiger partial charge in [-0.15, -0.1) is 0 Å². The fraction of sp³-hybridized carbons (Fsp3) is 0.455. The molecule has 0 aliphatic rings. The van der Waals surface area contributed by atoms with Crippen molar-refractivity contribution in [3.8, 4) is 0 Å². The highest BCUT2D eigenvalue weighted by molar-refractivity contribution is 5.86. The number of hydrogen-bond acceptors (Lipinski definition) is 6. The van der Waals surface area contributed by atoms with Gasteiger partial charge < -0.3 is 24.7 Å². The van der Waals surface area contributed by atoms with E-state index in [2.05, 4.69) is 10.1 Å². The zero-order valence-corrected chi connectivity index (χ0v) is 10.0. The van der Waals surface area contributed by atoms with Gasteiger partial charge in [-0.1, -0.05) is 0 Å². The number of amides is 1. The van der Waals surface area contributed by atoms with Crippen LogP contribution in [0.1, 0.15) is 29.3 Å². The molecule has 0 spiro atoms. The van der Waals surface area contributed by atoms with Gasteiger partial charge >= 0.3 is 5.97 Å². The maximum atomic E-state index is 11.1. The van der Waals surface area contributed by atoms with Crippen LogP contribution in [-0.4, -0.2) is 41.8 Å². The monoisotopic (exact) mass is 257 g/mol. The minimum Gasteiger partial charge on any atom is -0.463 e. The van der Waals surface area contributed by atoms with E-state index in [1.54, 1.807) is 0 Å². The van der Waals surface area contributed by atoms with Gasteiger partial charge in [-0.25, -0.2) is 4.79 Å². The first-order chi connectivity index (χ1) is 8.45. The van der Waals surface area contributed by atoms with Crippen LogP contribution in [0.5, 0.6) is 0 Å². The Morgan fingerprint density at radius 2 is 2.11 bits per heavy atom. The largest absolute Gasteiger partial charge is 0.463 e. The number of rotatable bonds is 5. The summed E-state index contributed by atoms with van der Waals surface area (Å²) < 4.78 is 9.46. The van der Waals surface area contributed by atoms with E-state index in [-0.39, 0.29) is 24.0 Å². The highest BCUT2D eigenvalue weighted by atomic mass is 16.5. The normalized spacial score (nSPS) is 13.8. The summed E-state index contributed by atoms with van der Waals surface area (Å²) in [6, 6.07) is 2.68. The van der Waals surface area contributed by atoms with Gasteiger partial charge in [-0.3, -0.25) is 4.79 Å². The zero-order chi connectivity index (χ0) is 13.7. The summed E-state index contributed by atoms with van der Waals surface area (Å²) in [5.74, 6) is -1.05. The maximum absolute atomic E-state index is 11.1. The van der Waals surface area contributed by atoms with Gasteiger partial charge in [0, 0.05) is 13.5 Å². The van der Waals surface area contributed by atoms with E-state index in [0.717, 1.165) is 0 Å². The molecule has 100 valence electrons. The lowest BCUT2D eigenvalue weighted by Crippen LogP contribution is -2.34. The molecule has 2 atom stereocenters. The van der Waals surface area contributed by atoms with Crippen molar-refractivity contribution in [2.24, 2.45) is 0 Å². The number of aliphatic hydroxyl groups is 2. The molecular weight excluding hydrogens is 242 g/mol. The predicted octanol–water partition coefficient (Wildman–Crippen LogP) is -0.403. The van der Waals surface area contributed by atoms with Crippen molar-refractivity contribution in [3.63, 3.8) is 0 Å². The second-order valence-corrected chi connectivity index (χ2v) is 3.64. The molecule has 1 heterocycles. The molecule has 7 heteroatoms. The third-order valence-corrected chi connectivity index (χ3v) is 2.23. The summed E-state index contributed by atoms with van der Waals surface area (Å²) in [5, 5.41) is 21.7. The summed E-state index contributed by atoms with van der Waals surface area (Å²) in [4.78, 5) is 21.8. The quantitative estimate of drug-likeness (QED) is 0.619. The van der Waals surface area contributed by atoms with Gasteiger partial charge in [0.05, 0.1) is 7.11 Å². The molecule has 0 bridgehead atoms. The highest BCUT2D eigenvalue weighted by Gasteiger charge is 2.23. The third kappa shape index (κ3) is 3.57. The molecule has 18 heavy (non-hydrogen) atoms. The fourth-order valence-corrected chi connectivity index (χ4v) is 1.27. The van der Waals surface area contributed by atoms with Gasteiger partial charge in [0.15, 0.2) is 0 Å². The second-order valence-electron chi connectivity index (χ2n) is 3.64. The summed E-state index contributed by atoms with van der Waals surface area (Å²) >= 11 is 0. The number of esters is 1. The summed E-state index contributed by atoms with van der Waals surface area (Å²) in [7, 11) is 1.20. The van der Waals surface area contributed by atoms with E-state index in [9.17, 15) is 19.8 Å². The van der Waals surface area contributed by atoms with Crippen LogP contribution in [0.3, 0.4) is 0 Å². The second kappa shape index (κ2) is 6.18. The van der Waals surface area contributed by atoms with Gasteiger partial charge in [0.25, 0.3) is 0 Å². The van der Waals surface area contributed by atoms with Crippen molar-refractivity contribution in [2.45, 2.75) is 19.1 Å². The van der Waals surface area contributed by atoms with E-state index in [4.69, 9.17) is 4.42 Å². The first kappa shape index (κ1) is 14.2. The van der Waals surface area contributed by atoms with E-state index in [0.29, 0.717) is 0 Å². The smallest absolute Gasteiger partial charge is 0.373 e. The number of carbonyl (C=O) groups excluding carboxylic acids is 2. The molecule has 0 radical (unpaired) electrons. The molecule has 1 amide bonds. The molecule has 2 unspecified atom stereocenters. The molecule has 0 saturated heterocycles. The average Bonchev–Trinajstić information content (AvgIpc) is 2.83.